The standard InChI is InChI=1S/C14H20ClN3O2/c15-12-4-3-11(9-17-12)5-8-16-13(20)18-14(10-19)6-1-2-7-14/h3-4,9,19H,1-2,5-8,10H2,(H2,16,18,20). The number of aliphatic hydroxyl groups is 1. The van der Waals surface area contributed by atoms with Crippen molar-refractivity contribution in [2.45, 2.75) is 37.6 Å². The molecule has 2 amide bonds. The molecule has 2 rings (SSSR count). The maximum Gasteiger partial charge on any atom is 0.315 e. The van der Waals surface area contributed by atoms with Crippen LogP contribution in [-0.2, 0) is 6.42 Å². The number of nitrogens with zero attached hydrogens (tertiary/aromatic N) is 1. The summed E-state index contributed by atoms with van der Waals surface area (Å²) in [5.41, 5.74) is 0.596. The first-order valence-electron chi connectivity index (χ1n) is 6.91. The molecule has 1 saturated carbocycles. The summed E-state index contributed by atoms with van der Waals surface area (Å²) in [6, 6.07) is 3.40. The molecule has 0 atom stereocenters. The van der Waals surface area contributed by atoms with Gasteiger partial charge >= 0.3 is 6.03 Å². The molecule has 110 valence electrons. The molecular weight excluding hydrogens is 278 g/mol. The van der Waals surface area contributed by atoms with E-state index in [1.807, 2.05) is 6.07 Å². The lowest BCUT2D eigenvalue weighted by atomic mass is 9.99. The van der Waals surface area contributed by atoms with E-state index in [-0.39, 0.29) is 12.6 Å². The van der Waals surface area contributed by atoms with Gasteiger partial charge in [-0.15, -0.1) is 0 Å². The zero-order valence-corrected chi connectivity index (χ0v) is 12.1. The predicted octanol–water partition coefficient (Wildman–Crippen LogP) is 1.88. The molecule has 0 saturated heterocycles. The fourth-order valence-corrected chi connectivity index (χ4v) is 2.65. The molecule has 0 bridgehead atoms. The number of carbonyl (C=O) groups is 1. The number of halogens is 1. The van der Waals surface area contributed by atoms with Gasteiger partial charge in [-0.1, -0.05) is 30.5 Å². The van der Waals surface area contributed by atoms with Crippen LogP contribution in [0.4, 0.5) is 4.79 Å². The first-order chi connectivity index (χ1) is 9.63. The minimum absolute atomic E-state index is 0.00151. The minimum Gasteiger partial charge on any atom is -0.394 e. The van der Waals surface area contributed by atoms with Gasteiger partial charge in [-0.2, -0.15) is 0 Å². The van der Waals surface area contributed by atoms with Crippen LogP contribution in [0.5, 0.6) is 0 Å². The fraction of sp³-hybridized carbons (Fsp3) is 0.571. The summed E-state index contributed by atoms with van der Waals surface area (Å²) in [5.74, 6) is 0. The van der Waals surface area contributed by atoms with Crippen LogP contribution in [0.2, 0.25) is 5.15 Å². The Kier molecular flexibility index (Phi) is 5.20. The quantitative estimate of drug-likeness (QED) is 0.727. The average Bonchev–Trinajstić information content (AvgIpc) is 2.90. The molecule has 3 N–H and O–H groups in total. The fourth-order valence-electron chi connectivity index (χ4n) is 2.53. The number of aromatic nitrogens is 1. The van der Waals surface area contributed by atoms with E-state index in [0.717, 1.165) is 31.2 Å². The number of urea groups is 1. The molecule has 5 nitrogen and oxygen atoms in total. The lowest BCUT2D eigenvalue weighted by Crippen LogP contribution is -2.53. The van der Waals surface area contributed by atoms with E-state index in [1.54, 1.807) is 12.3 Å². The Bertz CT molecular complexity index is 444. The molecule has 1 aliphatic rings. The lowest BCUT2D eigenvalue weighted by molar-refractivity contribution is 0.163. The second-order valence-electron chi connectivity index (χ2n) is 5.27. The lowest BCUT2D eigenvalue weighted by Gasteiger charge is -2.27. The van der Waals surface area contributed by atoms with Crippen molar-refractivity contribution in [3.63, 3.8) is 0 Å². The highest BCUT2D eigenvalue weighted by Gasteiger charge is 2.34. The maximum atomic E-state index is 11.8. The molecule has 20 heavy (non-hydrogen) atoms. The summed E-state index contributed by atoms with van der Waals surface area (Å²) in [7, 11) is 0. The van der Waals surface area contributed by atoms with E-state index in [2.05, 4.69) is 15.6 Å². The van der Waals surface area contributed by atoms with E-state index in [9.17, 15) is 9.90 Å². The van der Waals surface area contributed by atoms with E-state index >= 15 is 0 Å². The highest BCUT2D eigenvalue weighted by Crippen LogP contribution is 2.28. The van der Waals surface area contributed by atoms with Gasteiger partial charge in [0.15, 0.2) is 0 Å². The molecule has 0 aliphatic heterocycles. The zero-order valence-electron chi connectivity index (χ0n) is 11.4. The third-order valence-corrected chi connectivity index (χ3v) is 3.95. The van der Waals surface area contributed by atoms with Crippen LogP contribution < -0.4 is 10.6 Å². The summed E-state index contributed by atoms with van der Waals surface area (Å²) in [5, 5.41) is 15.6. The summed E-state index contributed by atoms with van der Waals surface area (Å²) < 4.78 is 0. The van der Waals surface area contributed by atoms with Crippen LogP contribution in [0.3, 0.4) is 0 Å². The number of carbonyl (C=O) groups excluding carboxylic acids is 1. The first kappa shape index (κ1) is 15.1. The van der Waals surface area contributed by atoms with Gasteiger partial charge in [0.1, 0.15) is 5.15 Å². The van der Waals surface area contributed by atoms with Gasteiger partial charge in [-0.3, -0.25) is 0 Å². The topological polar surface area (TPSA) is 74.2 Å². The molecular formula is C14H20ClN3O2. The van der Waals surface area contributed by atoms with Crippen molar-refractivity contribution in [2.24, 2.45) is 0 Å². The SMILES string of the molecule is O=C(NCCc1ccc(Cl)nc1)NC1(CO)CCCC1. The molecule has 0 aromatic carbocycles. The van der Waals surface area contributed by atoms with E-state index in [1.165, 1.54) is 0 Å². The smallest absolute Gasteiger partial charge is 0.315 e. The molecule has 1 heterocycles. The largest absolute Gasteiger partial charge is 0.394 e. The van der Waals surface area contributed by atoms with Crippen molar-refractivity contribution in [3.8, 4) is 0 Å². The van der Waals surface area contributed by atoms with Crippen molar-refractivity contribution in [3.05, 3.63) is 29.0 Å². The molecule has 1 aliphatic carbocycles. The van der Waals surface area contributed by atoms with E-state index < -0.39 is 5.54 Å². The maximum absolute atomic E-state index is 11.8. The van der Waals surface area contributed by atoms with Crippen molar-refractivity contribution in [1.82, 2.24) is 15.6 Å². The molecule has 0 spiro atoms. The van der Waals surface area contributed by atoms with E-state index in [4.69, 9.17) is 11.6 Å². The Labute approximate surface area is 123 Å². The number of hydrogen-bond donors (Lipinski definition) is 3. The predicted molar refractivity (Wildman–Crippen MR) is 77.8 cm³/mol. The van der Waals surface area contributed by atoms with Gasteiger partial charge in [0, 0.05) is 12.7 Å². The third-order valence-electron chi connectivity index (χ3n) is 3.73. The van der Waals surface area contributed by atoms with Gasteiger partial charge in [0.2, 0.25) is 0 Å². The third kappa shape index (κ3) is 4.08. The van der Waals surface area contributed by atoms with Crippen molar-refractivity contribution < 1.29 is 9.90 Å². The average molecular weight is 298 g/mol. The summed E-state index contributed by atoms with van der Waals surface area (Å²) >= 11 is 5.71. The Morgan fingerprint density at radius 3 is 2.75 bits per heavy atom. The number of pyridine rings is 1. The van der Waals surface area contributed by atoms with Crippen LogP contribution in [0.25, 0.3) is 0 Å². The van der Waals surface area contributed by atoms with Crippen LogP contribution in [0.15, 0.2) is 18.3 Å². The normalized spacial score (nSPS) is 16.9. The Morgan fingerprint density at radius 2 is 2.15 bits per heavy atom. The van der Waals surface area contributed by atoms with Gasteiger partial charge < -0.3 is 15.7 Å². The van der Waals surface area contributed by atoms with Crippen LogP contribution >= 0.6 is 11.6 Å². The minimum atomic E-state index is -0.425. The van der Waals surface area contributed by atoms with Crippen LogP contribution in [0.1, 0.15) is 31.2 Å². The number of amides is 2. The second kappa shape index (κ2) is 6.90. The zero-order chi connectivity index (χ0) is 14.4. The highest BCUT2D eigenvalue weighted by molar-refractivity contribution is 6.29. The first-order valence-corrected chi connectivity index (χ1v) is 7.29. The highest BCUT2D eigenvalue weighted by atomic mass is 35.5. The number of aliphatic hydroxyl groups excluding tert-OH is 1. The summed E-state index contributed by atoms with van der Waals surface area (Å²) in [4.78, 5) is 15.8. The number of nitrogens with one attached hydrogen (secondary N) is 2. The van der Waals surface area contributed by atoms with Gasteiger partial charge in [0.25, 0.3) is 0 Å². The molecule has 1 fully saturated rings. The van der Waals surface area contributed by atoms with Crippen molar-refractivity contribution >= 4 is 17.6 Å². The van der Waals surface area contributed by atoms with Crippen molar-refractivity contribution in [2.75, 3.05) is 13.2 Å². The van der Waals surface area contributed by atoms with Crippen molar-refractivity contribution in [1.29, 1.82) is 0 Å². The Morgan fingerprint density at radius 1 is 1.40 bits per heavy atom. The Balaban J connectivity index is 1.73. The Hall–Kier alpha value is -1.33. The monoisotopic (exact) mass is 297 g/mol. The summed E-state index contributed by atoms with van der Waals surface area (Å²) in [6.45, 7) is 0.526. The molecule has 1 aromatic heterocycles. The second-order valence-corrected chi connectivity index (χ2v) is 5.65. The van der Waals surface area contributed by atoms with Crippen LogP contribution in [0, 0.1) is 0 Å². The summed E-state index contributed by atoms with van der Waals surface area (Å²) in [6.07, 6.45) is 6.20. The van der Waals surface area contributed by atoms with Crippen LogP contribution in [-0.4, -0.2) is 34.8 Å². The van der Waals surface area contributed by atoms with Gasteiger partial charge in [-0.25, -0.2) is 9.78 Å². The van der Waals surface area contributed by atoms with E-state index in [0.29, 0.717) is 18.1 Å². The van der Waals surface area contributed by atoms with Gasteiger partial charge in [0.05, 0.1) is 12.1 Å². The molecule has 0 radical (unpaired) electrons. The molecule has 1 aromatic rings. The number of rotatable bonds is 5. The molecule has 6 heteroatoms. The number of hydrogen-bond acceptors (Lipinski definition) is 3. The molecule has 0 unspecified atom stereocenters. The van der Waals surface area contributed by atoms with Gasteiger partial charge in [-0.05, 0) is 30.9 Å².